The van der Waals surface area contributed by atoms with Crippen molar-refractivity contribution in [2.75, 3.05) is 51.1 Å². The number of anilines is 2. The SMILES string of the molecule is CC1=N/C(=C\c2ccc(N(C)C)cc2)C(=O)N1CC(=O)OC(C)(C)C.CN(C)c1ccc(/C=C2N=C(/C=C/c3ccccc3)N(CC(=O)OC(C)(C)C)C\2=O)cc1.O=Cc1ccccc1. The number of amides is 2. The lowest BCUT2D eigenvalue weighted by molar-refractivity contribution is -0.157. The minimum atomic E-state index is -0.635. The summed E-state index contributed by atoms with van der Waals surface area (Å²) in [6, 6.07) is 34.4. The van der Waals surface area contributed by atoms with Crippen LogP contribution in [0.25, 0.3) is 18.2 Å². The van der Waals surface area contributed by atoms with Crippen LogP contribution in [0.4, 0.5) is 11.4 Å². The molecule has 0 aromatic heterocycles. The topological polar surface area (TPSA) is 141 Å². The highest BCUT2D eigenvalue weighted by Crippen LogP contribution is 2.23. The number of hydrogen-bond acceptors (Lipinski definition) is 11. The Morgan fingerprint density at radius 2 is 0.954 bits per heavy atom. The Bertz CT molecular complexity index is 2440. The number of rotatable bonds is 11. The standard InChI is InChI=1S/C26H29N3O3.C19H25N3O3.C7H6O/c1-26(2,3)32-24(30)18-29-23(16-13-19-9-7-6-8-10-19)27-22(25(29)31)17-20-11-14-21(15-12-20)28(4)5;1-13-20-16(11-14-7-9-15(10-8-14)21(5)6)18(24)22(13)12-17(23)25-19(2,3)4;8-6-7-4-2-1-3-5-7/h6-17H,18H2,1-5H3;7-11H,12H2,1-6H3;1-6H/b16-13+,22-17-;16-11-;. The van der Waals surface area contributed by atoms with E-state index < -0.39 is 23.1 Å². The average molecular weight is 881 g/mol. The van der Waals surface area contributed by atoms with E-state index in [0.717, 1.165) is 39.9 Å². The number of aliphatic imine (C=N–C) groups is 2. The summed E-state index contributed by atoms with van der Waals surface area (Å²) in [6.07, 6.45) is 7.89. The Hall–Kier alpha value is -7.41. The monoisotopic (exact) mass is 880 g/mol. The molecule has 13 heteroatoms. The van der Waals surface area contributed by atoms with Gasteiger partial charge in [-0.1, -0.05) is 91.0 Å². The van der Waals surface area contributed by atoms with Gasteiger partial charge in [-0.2, -0.15) is 0 Å². The van der Waals surface area contributed by atoms with E-state index in [2.05, 4.69) is 9.98 Å². The first-order valence-corrected chi connectivity index (χ1v) is 21.1. The van der Waals surface area contributed by atoms with Crippen molar-refractivity contribution in [1.29, 1.82) is 0 Å². The smallest absolute Gasteiger partial charge is 0.326 e. The normalized spacial score (nSPS) is 14.9. The fraction of sp³-hybridized carbons (Fsp3) is 0.288. The maximum absolute atomic E-state index is 13.1. The van der Waals surface area contributed by atoms with Gasteiger partial charge in [-0.25, -0.2) is 9.98 Å². The third-order valence-electron chi connectivity index (χ3n) is 9.11. The molecule has 0 N–H and O–H groups in total. The fourth-order valence-electron chi connectivity index (χ4n) is 6.02. The molecule has 13 nitrogen and oxygen atoms in total. The van der Waals surface area contributed by atoms with Gasteiger partial charge < -0.3 is 19.3 Å². The molecule has 0 spiro atoms. The van der Waals surface area contributed by atoms with Gasteiger partial charge in [0.15, 0.2) is 0 Å². The molecule has 4 aromatic rings. The van der Waals surface area contributed by atoms with Gasteiger partial charge >= 0.3 is 11.9 Å². The summed E-state index contributed by atoms with van der Waals surface area (Å²) >= 11 is 0. The van der Waals surface area contributed by atoms with E-state index in [1.165, 1.54) is 9.80 Å². The van der Waals surface area contributed by atoms with E-state index in [1.807, 2.05) is 141 Å². The van der Waals surface area contributed by atoms with E-state index in [1.54, 1.807) is 78.8 Å². The van der Waals surface area contributed by atoms with Gasteiger partial charge in [0.1, 0.15) is 53.6 Å². The van der Waals surface area contributed by atoms with Crippen LogP contribution < -0.4 is 9.80 Å². The second-order valence-electron chi connectivity index (χ2n) is 17.4. The Kier molecular flexibility index (Phi) is 17.6. The average Bonchev–Trinajstić information content (AvgIpc) is 3.67. The Balaban J connectivity index is 0.000000248. The molecule has 0 bridgehead atoms. The number of aldehydes is 1. The molecular formula is C52H60N6O7. The quantitative estimate of drug-likeness (QED) is 0.0823. The molecule has 0 saturated carbocycles. The van der Waals surface area contributed by atoms with Crippen molar-refractivity contribution in [3.8, 4) is 0 Å². The maximum atomic E-state index is 13.1. The zero-order chi connectivity index (χ0) is 47.9. The predicted molar refractivity (Wildman–Crippen MR) is 260 cm³/mol. The summed E-state index contributed by atoms with van der Waals surface area (Å²) in [5, 5.41) is 0. The van der Waals surface area contributed by atoms with Crippen molar-refractivity contribution >= 4 is 71.3 Å². The lowest BCUT2D eigenvalue weighted by Crippen LogP contribution is -2.39. The van der Waals surface area contributed by atoms with Gasteiger partial charge in [0.05, 0.1) is 0 Å². The Morgan fingerprint density at radius 3 is 1.35 bits per heavy atom. The molecule has 0 aliphatic carbocycles. The molecule has 0 unspecified atom stereocenters. The van der Waals surface area contributed by atoms with Gasteiger partial charge in [0, 0.05) is 45.1 Å². The molecule has 340 valence electrons. The zero-order valence-corrected chi connectivity index (χ0v) is 39.2. The zero-order valence-electron chi connectivity index (χ0n) is 39.2. The molecule has 0 saturated heterocycles. The lowest BCUT2D eigenvalue weighted by atomic mass is 10.1. The van der Waals surface area contributed by atoms with Crippen molar-refractivity contribution in [2.24, 2.45) is 9.98 Å². The third kappa shape index (κ3) is 16.3. The Morgan fingerprint density at radius 1 is 0.554 bits per heavy atom. The van der Waals surface area contributed by atoms with Crippen LogP contribution in [0.2, 0.25) is 0 Å². The molecule has 2 amide bonds. The summed E-state index contributed by atoms with van der Waals surface area (Å²) in [4.78, 5) is 75.5. The van der Waals surface area contributed by atoms with Crippen LogP contribution in [0, 0.1) is 0 Å². The van der Waals surface area contributed by atoms with E-state index >= 15 is 0 Å². The first kappa shape index (κ1) is 50.2. The summed E-state index contributed by atoms with van der Waals surface area (Å²) < 4.78 is 10.7. The minimum absolute atomic E-state index is 0.137. The second-order valence-corrected chi connectivity index (χ2v) is 17.4. The highest BCUT2D eigenvalue weighted by Gasteiger charge is 2.33. The molecule has 0 fully saturated rings. The molecule has 65 heavy (non-hydrogen) atoms. The summed E-state index contributed by atoms with van der Waals surface area (Å²) in [6.45, 7) is 12.1. The number of nitrogens with zero attached hydrogens (tertiary/aromatic N) is 6. The molecule has 2 aliphatic heterocycles. The third-order valence-corrected chi connectivity index (χ3v) is 9.11. The number of carbonyl (C=O) groups excluding carboxylic acids is 5. The van der Waals surface area contributed by atoms with Crippen LogP contribution in [0.3, 0.4) is 0 Å². The van der Waals surface area contributed by atoms with Crippen LogP contribution >= 0.6 is 0 Å². The lowest BCUT2D eigenvalue weighted by Gasteiger charge is -2.22. The van der Waals surface area contributed by atoms with Gasteiger partial charge in [0.25, 0.3) is 11.8 Å². The number of ether oxygens (including phenoxy) is 2. The maximum Gasteiger partial charge on any atom is 0.326 e. The van der Waals surface area contributed by atoms with Crippen molar-refractivity contribution < 1.29 is 33.4 Å². The largest absolute Gasteiger partial charge is 0.459 e. The van der Waals surface area contributed by atoms with E-state index in [-0.39, 0.29) is 30.6 Å². The van der Waals surface area contributed by atoms with Crippen molar-refractivity contribution in [1.82, 2.24) is 9.80 Å². The Labute approximate surface area is 383 Å². The van der Waals surface area contributed by atoms with Gasteiger partial charge in [-0.3, -0.25) is 33.8 Å². The van der Waals surface area contributed by atoms with Crippen molar-refractivity contribution in [3.05, 3.63) is 149 Å². The van der Waals surface area contributed by atoms with Crippen LogP contribution in [0.5, 0.6) is 0 Å². The molecule has 6 rings (SSSR count). The van der Waals surface area contributed by atoms with E-state index in [9.17, 15) is 24.0 Å². The van der Waals surface area contributed by atoms with Gasteiger partial charge in [-0.05, 0) is 108 Å². The van der Waals surface area contributed by atoms with Crippen LogP contribution in [0.15, 0.2) is 137 Å². The first-order valence-electron chi connectivity index (χ1n) is 21.1. The van der Waals surface area contributed by atoms with E-state index in [4.69, 9.17) is 9.47 Å². The number of hydrogen-bond donors (Lipinski definition) is 0. The highest BCUT2D eigenvalue weighted by atomic mass is 16.6. The van der Waals surface area contributed by atoms with Crippen LogP contribution in [-0.4, -0.2) is 104 Å². The van der Waals surface area contributed by atoms with Crippen LogP contribution in [0.1, 0.15) is 75.5 Å². The molecule has 0 radical (unpaired) electrons. The molecule has 4 aromatic carbocycles. The van der Waals surface area contributed by atoms with Crippen molar-refractivity contribution in [3.63, 3.8) is 0 Å². The predicted octanol–water partition coefficient (Wildman–Crippen LogP) is 8.58. The highest BCUT2D eigenvalue weighted by molar-refractivity contribution is 6.19. The van der Waals surface area contributed by atoms with Crippen LogP contribution in [-0.2, 0) is 28.7 Å². The number of carbonyl (C=O) groups is 5. The minimum Gasteiger partial charge on any atom is -0.459 e. The number of amidine groups is 2. The molecule has 2 aliphatic rings. The van der Waals surface area contributed by atoms with Crippen molar-refractivity contribution in [2.45, 2.75) is 59.7 Å². The van der Waals surface area contributed by atoms with Gasteiger partial charge in [-0.15, -0.1) is 0 Å². The first-order chi connectivity index (χ1) is 30.6. The summed E-state index contributed by atoms with van der Waals surface area (Å²) in [5.41, 5.74) is 4.94. The fourth-order valence-corrected chi connectivity index (χ4v) is 6.02. The summed E-state index contributed by atoms with van der Waals surface area (Å²) in [7, 11) is 7.88. The summed E-state index contributed by atoms with van der Waals surface area (Å²) in [5.74, 6) is -0.663. The second kappa shape index (κ2) is 22.8. The van der Waals surface area contributed by atoms with Gasteiger partial charge in [0.2, 0.25) is 0 Å². The number of esters is 2. The molecule has 0 atom stereocenters. The number of benzene rings is 4. The molecular weight excluding hydrogens is 821 g/mol. The molecule has 2 heterocycles. The van der Waals surface area contributed by atoms with E-state index in [0.29, 0.717) is 17.4 Å².